The summed E-state index contributed by atoms with van der Waals surface area (Å²) in [6.07, 6.45) is 0. The van der Waals surface area contributed by atoms with E-state index in [1.165, 1.54) is 72.0 Å². The van der Waals surface area contributed by atoms with Crippen LogP contribution in [0.5, 0.6) is 0 Å². The van der Waals surface area contributed by atoms with E-state index >= 15 is 0 Å². The summed E-state index contributed by atoms with van der Waals surface area (Å²) >= 11 is 0. The zero-order valence-corrected chi connectivity index (χ0v) is 40.0. The lowest BCUT2D eigenvalue weighted by Crippen LogP contribution is -2.28. The summed E-state index contributed by atoms with van der Waals surface area (Å²) in [6, 6.07) is 104. The second-order valence-electron chi connectivity index (χ2n) is 19.2. The van der Waals surface area contributed by atoms with Crippen LogP contribution < -0.4 is 4.90 Å². The molecule has 0 saturated heterocycles. The molecule has 0 amide bonds. The van der Waals surface area contributed by atoms with Crippen LogP contribution in [-0.4, -0.2) is 0 Å². The Morgan fingerprint density at radius 2 is 0.753 bits per heavy atom. The molecule has 0 spiro atoms. The second kappa shape index (κ2) is 17.4. The van der Waals surface area contributed by atoms with Gasteiger partial charge in [0, 0.05) is 27.7 Å². The molecule has 1 aliphatic rings. The Bertz CT molecular complexity index is 4130. The van der Waals surface area contributed by atoms with Crippen LogP contribution in [0.2, 0.25) is 0 Å². The highest BCUT2D eigenvalue weighted by atomic mass is 16.3. The number of furan rings is 1. The third-order valence-electron chi connectivity index (χ3n) is 15.2. The van der Waals surface area contributed by atoms with Gasteiger partial charge < -0.3 is 9.32 Å². The molecule has 0 bridgehead atoms. The first kappa shape index (κ1) is 42.4. The van der Waals surface area contributed by atoms with Crippen molar-refractivity contribution >= 4 is 49.8 Å². The molecular formula is C71H47NO. The maximum atomic E-state index is 6.21. The highest BCUT2D eigenvalue weighted by molar-refractivity contribution is 6.06. The van der Waals surface area contributed by atoms with Gasteiger partial charge in [0.2, 0.25) is 0 Å². The Labute approximate surface area is 425 Å². The highest BCUT2D eigenvalue weighted by Gasteiger charge is 2.47. The van der Waals surface area contributed by atoms with Gasteiger partial charge in [0.15, 0.2) is 0 Å². The molecule has 0 N–H and O–H groups in total. The Kier molecular flexibility index (Phi) is 10.1. The summed E-state index contributed by atoms with van der Waals surface area (Å²) in [5, 5.41) is 4.70. The van der Waals surface area contributed by atoms with Crippen LogP contribution in [-0.2, 0) is 5.41 Å². The van der Waals surface area contributed by atoms with Crippen LogP contribution in [0.1, 0.15) is 22.3 Å². The fourth-order valence-electron chi connectivity index (χ4n) is 11.8. The molecule has 0 unspecified atom stereocenters. The molecule has 13 aromatic rings. The predicted molar refractivity (Wildman–Crippen MR) is 305 cm³/mol. The van der Waals surface area contributed by atoms with Gasteiger partial charge in [0.25, 0.3) is 0 Å². The normalized spacial score (nSPS) is 12.5. The summed E-state index contributed by atoms with van der Waals surface area (Å²) in [4.78, 5) is 2.43. The number of benzene rings is 12. The van der Waals surface area contributed by atoms with Crippen LogP contribution in [0.15, 0.2) is 290 Å². The minimum absolute atomic E-state index is 0.510. The molecule has 1 heterocycles. The molecule has 0 fully saturated rings. The van der Waals surface area contributed by atoms with Crippen LogP contribution >= 0.6 is 0 Å². The molecule has 0 atom stereocenters. The van der Waals surface area contributed by atoms with Gasteiger partial charge in [-0.15, -0.1) is 0 Å². The van der Waals surface area contributed by atoms with E-state index in [-0.39, 0.29) is 0 Å². The first-order chi connectivity index (χ1) is 36.2. The largest absolute Gasteiger partial charge is 0.456 e. The Balaban J connectivity index is 0.916. The minimum Gasteiger partial charge on any atom is -0.456 e. The number of para-hydroxylation sites is 2. The molecule has 1 aliphatic carbocycles. The SMILES string of the molecule is c1ccc(-c2ccc3cc(-c4ccc(N(c5ccc(-c6ccc7oc8ccccc8c7c6)cc5)c5ccccc5-c5cccc6c5-c5ccccc5C6(c5ccccc5)c5ccccc5)cc4)ccc3c2)cc1. The van der Waals surface area contributed by atoms with Crippen LogP contribution in [0, 0.1) is 0 Å². The van der Waals surface area contributed by atoms with Gasteiger partial charge in [-0.2, -0.15) is 0 Å². The summed E-state index contributed by atoms with van der Waals surface area (Å²) < 4.78 is 6.21. The van der Waals surface area contributed by atoms with E-state index in [1.54, 1.807) is 0 Å². The van der Waals surface area contributed by atoms with E-state index in [0.717, 1.165) is 55.7 Å². The predicted octanol–water partition coefficient (Wildman–Crippen LogP) is 19.2. The van der Waals surface area contributed by atoms with Crippen molar-refractivity contribution in [3.05, 3.63) is 307 Å². The summed E-state index contributed by atoms with van der Waals surface area (Å²) in [6.45, 7) is 0. The van der Waals surface area contributed by atoms with E-state index in [2.05, 4.69) is 278 Å². The number of fused-ring (bicyclic) bond motifs is 7. The van der Waals surface area contributed by atoms with Gasteiger partial charge in [-0.1, -0.05) is 224 Å². The van der Waals surface area contributed by atoms with Crippen LogP contribution in [0.4, 0.5) is 17.1 Å². The van der Waals surface area contributed by atoms with Crippen LogP contribution in [0.25, 0.3) is 88.3 Å². The molecule has 0 aliphatic heterocycles. The maximum absolute atomic E-state index is 6.21. The van der Waals surface area contributed by atoms with Gasteiger partial charge in [-0.3, -0.25) is 0 Å². The second-order valence-corrected chi connectivity index (χ2v) is 19.2. The van der Waals surface area contributed by atoms with Crippen molar-refractivity contribution in [3.63, 3.8) is 0 Å². The smallest absolute Gasteiger partial charge is 0.135 e. The molecule has 342 valence electrons. The van der Waals surface area contributed by atoms with E-state index in [0.29, 0.717) is 0 Å². The van der Waals surface area contributed by atoms with E-state index in [4.69, 9.17) is 4.42 Å². The number of nitrogens with zero attached hydrogens (tertiary/aromatic N) is 1. The number of hydrogen-bond donors (Lipinski definition) is 0. The average Bonchev–Trinajstić information content (AvgIpc) is 4.05. The molecular weight excluding hydrogens is 883 g/mol. The van der Waals surface area contributed by atoms with Gasteiger partial charge in [-0.25, -0.2) is 0 Å². The van der Waals surface area contributed by atoms with Gasteiger partial charge in [0.05, 0.1) is 11.1 Å². The maximum Gasteiger partial charge on any atom is 0.135 e. The lowest BCUT2D eigenvalue weighted by atomic mass is 9.67. The van der Waals surface area contributed by atoms with Crippen molar-refractivity contribution in [1.29, 1.82) is 0 Å². The zero-order valence-electron chi connectivity index (χ0n) is 40.0. The fourth-order valence-corrected chi connectivity index (χ4v) is 11.8. The van der Waals surface area contributed by atoms with Crippen molar-refractivity contribution in [2.45, 2.75) is 5.41 Å². The molecule has 2 nitrogen and oxygen atoms in total. The van der Waals surface area contributed by atoms with Crippen molar-refractivity contribution in [2.24, 2.45) is 0 Å². The molecule has 73 heavy (non-hydrogen) atoms. The first-order valence-electron chi connectivity index (χ1n) is 25.1. The van der Waals surface area contributed by atoms with Gasteiger partial charge in [0.1, 0.15) is 11.2 Å². The summed E-state index contributed by atoms with van der Waals surface area (Å²) in [5.41, 5.74) is 21.6. The number of anilines is 3. The Morgan fingerprint density at radius 3 is 1.41 bits per heavy atom. The molecule has 2 heteroatoms. The summed E-state index contributed by atoms with van der Waals surface area (Å²) in [5.74, 6) is 0. The van der Waals surface area contributed by atoms with Gasteiger partial charge in [-0.05, 0) is 144 Å². The van der Waals surface area contributed by atoms with Crippen molar-refractivity contribution in [3.8, 4) is 55.6 Å². The van der Waals surface area contributed by atoms with Crippen LogP contribution in [0.3, 0.4) is 0 Å². The van der Waals surface area contributed by atoms with E-state index in [9.17, 15) is 0 Å². The lowest BCUT2D eigenvalue weighted by Gasteiger charge is -2.34. The minimum atomic E-state index is -0.510. The molecule has 0 saturated carbocycles. The van der Waals surface area contributed by atoms with Crippen molar-refractivity contribution in [1.82, 2.24) is 0 Å². The molecule has 1 aromatic heterocycles. The third-order valence-corrected chi connectivity index (χ3v) is 15.2. The number of hydrogen-bond acceptors (Lipinski definition) is 2. The third kappa shape index (κ3) is 7.02. The van der Waals surface area contributed by atoms with Crippen molar-refractivity contribution in [2.75, 3.05) is 4.90 Å². The standard InChI is InChI=1S/C71H47NO/c1-4-17-48(18-5-1)51-31-33-54-46-52(32-34-53(54)45-51)49-35-40-58(41-36-49)72(59-42-37-50(38-43-59)55-39-44-69-64(47-55)61-24-12-15-30-68(61)73-69)67-29-14-11-23-60(67)62-26-16-28-66-70(62)63-25-10-13-27-65(63)71(66,56-19-6-2-7-20-56)57-21-8-3-9-22-57/h1-47H. The van der Waals surface area contributed by atoms with E-state index in [1.807, 2.05) is 12.1 Å². The highest BCUT2D eigenvalue weighted by Crippen LogP contribution is 2.59. The fraction of sp³-hybridized carbons (Fsp3) is 0.0141. The number of rotatable bonds is 9. The molecule has 14 rings (SSSR count). The van der Waals surface area contributed by atoms with Crippen molar-refractivity contribution < 1.29 is 4.42 Å². The quantitative estimate of drug-likeness (QED) is 0.143. The zero-order chi connectivity index (χ0) is 48.3. The average molecular weight is 930 g/mol. The van der Waals surface area contributed by atoms with E-state index < -0.39 is 5.41 Å². The summed E-state index contributed by atoms with van der Waals surface area (Å²) in [7, 11) is 0. The van der Waals surface area contributed by atoms with Gasteiger partial charge >= 0.3 is 0 Å². The topological polar surface area (TPSA) is 16.4 Å². The lowest BCUT2D eigenvalue weighted by molar-refractivity contribution is 0.669. The molecule has 0 radical (unpaired) electrons. The Hall–Kier alpha value is -9.50. The Morgan fingerprint density at radius 1 is 0.288 bits per heavy atom. The molecule has 12 aromatic carbocycles. The first-order valence-corrected chi connectivity index (χ1v) is 25.1. The monoisotopic (exact) mass is 929 g/mol.